The summed E-state index contributed by atoms with van der Waals surface area (Å²) in [4.78, 5) is 17.7. The van der Waals surface area contributed by atoms with Crippen molar-refractivity contribution in [2.24, 2.45) is 10.7 Å². The predicted octanol–water partition coefficient (Wildman–Crippen LogP) is 2.14. The molecule has 150 valence electrons. The fourth-order valence-electron chi connectivity index (χ4n) is 3.29. The van der Waals surface area contributed by atoms with Gasteiger partial charge in [0.25, 0.3) is 0 Å². The van der Waals surface area contributed by atoms with E-state index in [1.54, 1.807) is 11.2 Å². The van der Waals surface area contributed by atoms with Crippen LogP contribution in [-0.4, -0.2) is 49.1 Å². The Morgan fingerprint density at radius 2 is 1.93 bits per heavy atom. The Labute approximate surface area is 166 Å². The van der Waals surface area contributed by atoms with E-state index >= 15 is 0 Å². The van der Waals surface area contributed by atoms with Crippen molar-refractivity contribution in [1.82, 2.24) is 15.5 Å². The van der Waals surface area contributed by atoms with Crippen LogP contribution >= 0.6 is 0 Å². The number of carbonyl (C=O) groups excluding carboxylic acids is 1. The van der Waals surface area contributed by atoms with Crippen molar-refractivity contribution in [2.45, 2.75) is 31.7 Å². The molecule has 0 unspecified atom stereocenters. The molecule has 7 heteroatoms. The second-order valence-electron chi connectivity index (χ2n) is 6.97. The quantitative estimate of drug-likeness (QED) is 0.504. The fraction of sp³-hybridized carbons (Fsp3) is 0.429. The topological polar surface area (TPSA) is 95.9 Å². The van der Waals surface area contributed by atoms with Gasteiger partial charge in [0.05, 0.1) is 6.26 Å². The first-order valence-corrected chi connectivity index (χ1v) is 9.86. The highest BCUT2D eigenvalue weighted by Gasteiger charge is 2.21. The molecule has 0 spiro atoms. The lowest BCUT2D eigenvalue weighted by Gasteiger charge is -2.32. The van der Waals surface area contributed by atoms with Crippen molar-refractivity contribution in [2.75, 3.05) is 26.2 Å². The van der Waals surface area contributed by atoms with Gasteiger partial charge in [0, 0.05) is 38.6 Å². The zero-order valence-electron chi connectivity index (χ0n) is 16.1. The summed E-state index contributed by atoms with van der Waals surface area (Å²) in [5.74, 6) is 1.74. The van der Waals surface area contributed by atoms with Crippen LogP contribution in [0, 0.1) is 0 Å². The Morgan fingerprint density at radius 1 is 1.14 bits per heavy atom. The fourth-order valence-corrected chi connectivity index (χ4v) is 3.29. The molecule has 1 fully saturated rings. The minimum Gasteiger partial charge on any atom is -0.469 e. The van der Waals surface area contributed by atoms with Crippen molar-refractivity contribution >= 4 is 12.0 Å². The number of nitrogens with two attached hydrogens (primary N) is 1. The molecule has 0 aliphatic carbocycles. The number of urea groups is 1. The van der Waals surface area contributed by atoms with Gasteiger partial charge >= 0.3 is 6.03 Å². The second kappa shape index (κ2) is 10.4. The average molecular weight is 383 g/mol. The number of hydrogen-bond donors (Lipinski definition) is 3. The van der Waals surface area contributed by atoms with Crippen LogP contribution in [0.25, 0.3) is 0 Å². The molecular formula is C21H29N5O2. The number of primary amides is 1. The molecule has 3 rings (SSSR count). The monoisotopic (exact) mass is 383 g/mol. The molecule has 2 aromatic rings. The van der Waals surface area contributed by atoms with Crippen LogP contribution in [-0.2, 0) is 12.8 Å². The van der Waals surface area contributed by atoms with E-state index in [9.17, 15) is 4.79 Å². The molecule has 0 radical (unpaired) electrons. The summed E-state index contributed by atoms with van der Waals surface area (Å²) in [5.41, 5.74) is 6.66. The summed E-state index contributed by atoms with van der Waals surface area (Å²) < 4.78 is 5.38. The number of rotatable bonds is 7. The Balaban J connectivity index is 1.51. The van der Waals surface area contributed by atoms with E-state index in [0.29, 0.717) is 19.6 Å². The van der Waals surface area contributed by atoms with Crippen molar-refractivity contribution < 1.29 is 9.21 Å². The van der Waals surface area contributed by atoms with Crippen LogP contribution in [0.3, 0.4) is 0 Å². The lowest BCUT2D eigenvalue weighted by Crippen LogP contribution is -2.51. The molecule has 7 nitrogen and oxygen atoms in total. The number of benzene rings is 1. The third kappa shape index (κ3) is 6.33. The maximum absolute atomic E-state index is 11.3. The van der Waals surface area contributed by atoms with Gasteiger partial charge in [-0.3, -0.25) is 4.99 Å². The molecule has 1 aromatic carbocycles. The standard InChI is InChI=1S/C21H29N5O2/c22-20(27)26-14-10-18(11-15-26)25-21(24-13-9-19-7-4-16-28-19)23-12-8-17-5-2-1-3-6-17/h1-7,16,18H,8-15H2,(H2,22,27)(H2,23,24,25). The maximum atomic E-state index is 11.3. The highest BCUT2D eigenvalue weighted by Crippen LogP contribution is 2.10. The molecule has 28 heavy (non-hydrogen) atoms. The number of nitrogens with one attached hydrogen (secondary N) is 2. The first-order chi connectivity index (χ1) is 13.7. The molecule has 0 bridgehead atoms. The van der Waals surface area contributed by atoms with Crippen LogP contribution < -0.4 is 16.4 Å². The highest BCUT2D eigenvalue weighted by molar-refractivity contribution is 5.80. The molecule has 1 saturated heterocycles. The van der Waals surface area contributed by atoms with Crippen molar-refractivity contribution in [3.05, 3.63) is 60.1 Å². The van der Waals surface area contributed by atoms with Gasteiger partial charge in [0.2, 0.25) is 0 Å². The van der Waals surface area contributed by atoms with Gasteiger partial charge in [0.1, 0.15) is 5.76 Å². The van der Waals surface area contributed by atoms with Gasteiger partial charge in [0.15, 0.2) is 5.96 Å². The first kappa shape index (κ1) is 19.8. The normalized spacial score (nSPS) is 15.4. The molecular weight excluding hydrogens is 354 g/mol. The molecule has 0 saturated carbocycles. The Bertz CT molecular complexity index is 737. The zero-order chi connectivity index (χ0) is 19.6. The summed E-state index contributed by atoms with van der Waals surface area (Å²) in [7, 11) is 0. The lowest BCUT2D eigenvalue weighted by atomic mass is 10.1. The minimum absolute atomic E-state index is 0.280. The molecule has 1 aromatic heterocycles. The maximum Gasteiger partial charge on any atom is 0.314 e. The number of amides is 2. The van der Waals surface area contributed by atoms with E-state index in [0.717, 1.165) is 43.9 Å². The molecule has 1 aliphatic rings. The summed E-state index contributed by atoms with van der Waals surface area (Å²) >= 11 is 0. The number of piperidine rings is 1. The lowest BCUT2D eigenvalue weighted by molar-refractivity contribution is 0.188. The SMILES string of the molecule is NC(=O)N1CCC(NC(=NCCc2ccco2)NCCc2ccccc2)CC1. The van der Waals surface area contributed by atoms with E-state index in [4.69, 9.17) is 15.1 Å². The van der Waals surface area contributed by atoms with Crippen LogP contribution in [0.1, 0.15) is 24.2 Å². The predicted molar refractivity (Wildman–Crippen MR) is 110 cm³/mol. The number of nitrogens with zero attached hydrogens (tertiary/aromatic N) is 2. The van der Waals surface area contributed by atoms with E-state index in [-0.39, 0.29) is 12.1 Å². The molecule has 4 N–H and O–H groups in total. The highest BCUT2D eigenvalue weighted by atomic mass is 16.3. The van der Waals surface area contributed by atoms with Crippen LogP contribution in [0.2, 0.25) is 0 Å². The number of furan rings is 1. The summed E-state index contributed by atoms with van der Waals surface area (Å²) in [6.07, 6.45) is 5.10. The second-order valence-corrected chi connectivity index (χ2v) is 6.97. The summed E-state index contributed by atoms with van der Waals surface area (Å²) in [6, 6.07) is 14.2. The minimum atomic E-state index is -0.341. The van der Waals surface area contributed by atoms with E-state index in [1.807, 2.05) is 18.2 Å². The van der Waals surface area contributed by atoms with Gasteiger partial charge in [-0.1, -0.05) is 30.3 Å². The zero-order valence-corrected chi connectivity index (χ0v) is 16.1. The smallest absolute Gasteiger partial charge is 0.314 e. The van der Waals surface area contributed by atoms with E-state index in [1.165, 1.54) is 5.56 Å². The summed E-state index contributed by atoms with van der Waals surface area (Å²) in [5, 5.41) is 6.94. The van der Waals surface area contributed by atoms with Crippen molar-refractivity contribution in [3.63, 3.8) is 0 Å². The van der Waals surface area contributed by atoms with Gasteiger partial charge in [-0.05, 0) is 37.0 Å². The summed E-state index contributed by atoms with van der Waals surface area (Å²) in [6.45, 7) is 2.80. The van der Waals surface area contributed by atoms with Crippen LogP contribution in [0.5, 0.6) is 0 Å². The van der Waals surface area contributed by atoms with Crippen molar-refractivity contribution in [1.29, 1.82) is 0 Å². The van der Waals surface area contributed by atoms with Gasteiger partial charge in [-0.25, -0.2) is 4.79 Å². The first-order valence-electron chi connectivity index (χ1n) is 9.86. The Hall–Kier alpha value is -2.96. The van der Waals surface area contributed by atoms with Gasteiger partial charge in [-0.2, -0.15) is 0 Å². The third-order valence-electron chi connectivity index (χ3n) is 4.90. The third-order valence-corrected chi connectivity index (χ3v) is 4.90. The van der Waals surface area contributed by atoms with Gasteiger partial charge in [-0.15, -0.1) is 0 Å². The molecule has 1 aliphatic heterocycles. The van der Waals surface area contributed by atoms with E-state index in [2.05, 4.69) is 34.9 Å². The van der Waals surface area contributed by atoms with Crippen LogP contribution in [0.4, 0.5) is 4.79 Å². The number of aliphatic imine (C=N–C) groups is 1. The molecule has 2 heterocycles. The van der Waals surface area contributed by atoms with Crippen molar-refractivity contribution in [3.8, 4) is 0 Å². The van der Waals surface area contributed by atoms with Gasteiger partial charge < -0.3 is 25.7 Å². The Kier molecular flexibility index (Phi) is 7.35. The molecule has 0 atom stereocenters. The number of guanidine groups is 1. The number of hydrogen-bond acceptors (Lipinski definition) is 3. The number of likely N-dealkylation sites (tertiary alicyclic amines) is 1. The number of carbonyl (C=O) groups is 1. The molecule has 2 amide bonds. The average Bonchev–Trinajstić information content (AvgIpc) is 3.22. The van der Waals surface area contributed by atoms with E-state index < -0.39 is 0 Å². The largest absolute Gasteiger partial charge is 0.469 e. The van der Waals surface area contributed by atoms with Crippen LogP contribution in [0.15, 0.2) is 58.1 Å². The Morgan fingerprint density at radius 3 is 2.61 bits per heavy atom.